The van der Waals surface area contributed by atoms with Crippen molar-refractivity contribution < 1.29 is 8.83 Å². The summed E-state index contributed by atoms with van der Waals surface area (Å²) < 4.78 is 13.1. The highest BCUT2D eigenvalue weighted by molar-refractivity contribution is 6.16. The molecule has 3 heteroatoms. The Balaban J connectivity index is 0.882. The Morgan fingerprint density at radius 2 is 0.710 bits per heavy atom. The molecular weight excluding hydrogens is 839 g/mol. The number of anilines is 3. The molecule has 0 radical (unpaired) electrons. The molecule has 322 valence electrons. The van der Waals surface area contributed by atoms with Gasteiger partial charge in [0.1, 0.15) is 22.3 Å². The van der Waals surface area contributed by atoms with Crippen LogP contribution >= 0.6 is 0 Å². The predicted octanol–water partition coefficient (Wildman–Crippen LogP) is 19.1. The fraction of sp³-hybridized carbons (Fsp3) is 0. The molecule has 0 unspecified atom stereocenters. The van der Waals surface area contributed by atoms with Gasteiger partial charge in [-0.05, 0) is 97.2 Å². The normalized spacial score (nSPS) is 11.8. The number of nitrogens with zero attached hydrogens (tertiary/aromatic N) is 1. The average molecular weight is 880 g/mol. The topological polar surface area (TPSA) is 29.5 Å². The summed E-state index contributed by atoms with van der Waals surface area (Å²) in [5, 5.41) is 11.8. The van der Waals surface area contributed by atoms with E-state index in [0.29, 0.717) is 0 Å². The first kappa shape index (κ1) is 39.0. The first-order chi connectivity index (χ1) is 34.2. The molecule has 0 saturated heterocycles. The van der Waals surface area contributed by atoms with Crippen molar-refractivity contribution in [3.63, 3.8) is 0 Å². The van der Waals surface area contributed by atoms with Crippen LogP contribution in [0.3, 0.4) is 0 Å². The summed E-state index contributed by atoms with van der Waals surface area (Å²) >= 11 is 0. The maximum Gasteiger partial charge on any atom is 0.143 e. The molecule has 0 aliphatic carbocycles. The van der Waals surface area contributed by atoms with E-state index in [1.165, 1.54) is 32.3 Å². The van der Waals surface area contributed by atoms with Crippen molar-refractivity contribution in [1.82, 2.24) is 0 Å². The Labute approximate surface area is 398 Å². The molecule has 3 nitrogen and oxygen atoms in total. The van der Waals surface area contributed by atoms with Gasteiger partial charge in [0.2, 0.25) is 0 Å². The lowest BCUT2D eigenvalue weighted by atomic mass is 9.89. The molecule has 12 aromatic carbocycles. The molecule has 2 aromatic heterocycles. The molecule has 0 fully saturated rings. The Kier molecular flexibility index (Phi) is 8.90. The third-order valence-corrected chi connectivity index (χ3v) is 14.1. The molecule has 0 aliphatic rings. The second-order valence-corrected chi connectivity index (χ2v) is 17.9. The molecule has 0 amide bonds. The van der Waals surface area contributed by atoms with E-state index < -0.39 is 0 Å². The second kappa shape index (κ2) is 15.7. The van der Waals surface area contributed by atoms with Crippen LogP contribution in [-0.2, 0) is 0 Å². The molecule has 0 N–H and O–H groups in total. The molecule has 14 rings (SSSR count). The average Bonchev–Trinajstić information content (AvgIpc) is 4.00. The smallest absolute Gasteiger partial charge is 0.143 e. The van der Waals surface area contributed by atoms with Gasteiger partial charge < -0.3 is 13.7 Å². The molecule has 0 saturated carbocycles. The van der Waals surface area contributed by atoms with Crippen molar-refractivity contribution in [2.24, 2.45) is 0 Å². The first-order valence-electron chi connectivity index (χ1n) is 23.6. The zero-order chi connectivity index (χ0) is 45.4. The summed E-state index contributed by atoms with van der Waals surface area (Å²) in [4.78, 5) is 2.41. The van der Waals surface area contributed by atoms with Crippen LogP contribution in [0.15, 0.2) is 258 Å². The summed E-state index contributed by atoms with van der Waals surface area (Å²) in [5.41, 5.74) is 15.9. The Morgan fingerprint density at radius 3 is 1.36 bits per heavy atom. The minimum atomic E-state index is 0.895. The number of benzene rings is 12. The van der Waals surface area contributed by atoms with E-state index in [9.17, 15) is 0 Å². The van der Waals surface area contributed by atoms with E-state index in [-0.39, 0.29) is 0 Å². The van der Waals surface area contributed by atoms with Gasteiger partial charge in [-0.15, -0.1) is 0 Å². The van der Waals surface area contributed by atoms with Gasteiger partial charge in [-0.2, -0.15) is 0 Å². The highest BCUT2D eigenvalue weighted by Crippen LogP contribution is 2.46. The summed E-state index contributed by atoms with van der Waals surface area (Å²) in [6.07, 6.45) is 0. The lowest BCUT2D eigenvalue weighted by Gasteiger charge is -2.28. The molecule has 0 atom stereocenters. The lowest BCUT2D eigenvalue weighted by molar-refractivity contribution is 0.669. The van der Waals surface area contributed by atoms with Crippen molar-refractivity contribution in [3.05, 3.63) is 249 Å². The summed E-state index contributed by atoms with van der Waals surface area (Å²) in [6.45, 7) is 0. The van der Waals surface area contributed by atoms with Crippen molar-refractivity contribution >= 4 is 93.3 Å². The summed E-state index contributed by atoms with van der Waals surface area (Å²) in [6, 6.07) is 89.5. The van der Waals surface area contributed by atoms with E-state index in [1.54, 1.807) is 0 Å². The molecule has 14 aromatic rings. The van der Waals surface area contributed by atoms with Gasteiger partial charge in [-0.25, -0.2) is 0 Å². The van der Waals surface area contributed by atoms with Gasteiger partial charge in [0.25, 0.3) is 0 Å². The van der Waals surface area contributed by atoms with Gasteiger partial charge in [-0.1, -0.05) is 206 Å². The molecule has 0 aliphatic heterocycles. The van der Waals surface area contributed by atoms with Crippen molar-refractivity contribution in [1.29, 1.82) is 0 Å². The monoisotopic (exact) mass is 879 g/mol. The van der Waals surface area contributed by atoms with Crippen LogP contribution in [0, 0.1) is 0 Å². The zero-order valence-electron chi connectivity index (χ0n) is 37.4. The van der Waals surface area contributed by atoms with Crippen molar-refractivity contribution in [2.75, 3.05) is 4.90 Å². The zero-order valence-corrected chi connectivity index (χ0v) is 37.4. The standard InChI is InChI=1S/C66H41NO2/c1-4-16-51-44(13-1)35-40-52(64(51)60-24-12-23-59-57-20-8-10-26-63(57)69-66(59)60)45-33-38-49(39-34-45)67(61-41-47-14-2-3-15-50(47)54-17-5-6-18-55(54)61)48-36-31-43(32-37-48)42-27-29-46(30-28-42)53-21-11-22-58-56-19-7-9-25-62(56)68-65(53)58/h1-41H. The number of rotatable bonds is 7. The van der Waals surface area contributed by atoms with Gasteiger partial charge in [0.05, 0.1) is 5.69 Å². The summed E-state index contributed by atoms with van der Waals surface area (Å²) in [7, 11) is 0. The number of hydrogen-bond acceptors (Lipinski definition) is 3. The van der Waals surface area contributed by atoms with Crippen LogP contribution in [0.4, 0.5) is 17.1 Å². The van der Waals surface area contributed by atoms with E-state index in [2.05, 4.69) is 235 Å². The molecule has 2 heterocycles. The number of furan rings is 2. The Morgan fingerprint density at radius 1 is 0.261 bits per heavy atom. The van der Waals surface area contributed by atoms with E-state index >= 15 is 0 Å². The molecule has 0 bridgehead atoms. The quantitative estimate of drug-likeness (QED) is 0.149. The minimum Gasteiger partial charge on any atom is -0.455 e. The van der Waals surface area contributed by atoms with Gasteiger partial charge >= 0.3 is 0 Å². The number of hydrogen-bond donors (Lipinski definition) is 0. The number of fused-ring (bicyclic) bond motifs is 10. The first-order valence-corrected chi connectivity index (χ1v) is 23.6. The van der Waals surface area contributed by atoms with Gasteiger partial charge in [0.15, 0.2) is 0 Å². The highest BCUT2D eigenvalue weighted by Gasteiger charge is 2.21. The van der Waals surface area contributed by atoms with E-state index in [4.69, 9.17) is 8.83 Å². The largest absolute Gasteiger partial charge is 0.455 e. The third-order valence-electron chi connectivity index (χ3n) is 14.1. The summed E-state index contributed by atoms with van der Waals surface area (Å²) in [5.74, 6) is 0. The highest BCUT2D eigenvalue weighted by atomic mass is 16.3. The fourth-order valence-electron chi connectivity index (χ4n) is 10.8. The van der Waals surface area contributed by atoms with Gasteiger partial charge in [-0.3, -0.25) is 0 Å². The van der Waals surface area contributed by atoms with Crippen LogP contribution < -0.4 is 4.90 Å². The van der Waals surface area contributed by atoms with Crippen LogP contribution in [0.5, 0.6) is 0 Å². The van der Waals surface area contributed by atoms with Gasteiger partial charge in [0, 0.05) is 55.0 Å². The number of para-hydroxylation sites is 4. The Bertz CT molecular complexity index is 4290. The molecular formula is C66H41NO2. The SMILES string of the molecule is c1ccc2c(-c3cccc4c3oc3ccccc34)c(-c3ccc(N(c4ccc(-c5ccc(-c6cccc7c6oc6ccccc67)cc5)cc4)c4cc5ccccc5c5ccccc45)cc3)ccc2c1. The second-order valence-electron chi connectivity index (χ2n) is 17.9. The third kappa shape index (κ3) is 6.36. The molecule has 0 spiro atoms. The lowest BCUT2D eigenvalue weighted by Crippen LogP contribution is -2.10. The van der Waals surface area contributed by atoms with E-state index in [1.807, 2.05) is 18.2 Å². The van der Waals surface area contributed by atoms with Crippen LogP contribution in [-0.4, -0.2) is 0 Å². The van der Waals surface area contributed by atoms with Crippen molar-refractivity contribution in [2.45, 2.75) is 0 Å². The van der Waals surface area contributed by atoms with Crippen LogP contribution in [0.2, 0.25) is 0 Å². The van der Waals surface area contributed by atoms with E-state index in [0.717, 1.165) is 105 Å². The predicted molar refractivity (Wildman–Crippen MR) is 290 cm³/mol. The van der Waals surface area contributed by atoms with Crippen LogP contribution in [0.1, 0.15) is 0 Å². The minimum absolute atomic E-state index is 0.895. The van der Waals surface area contributed by atoms with Crippen LogP contribution in [0.25, 0.3) is 121 Å². The Hall–Kier alpha value is -9.18. The molecule has 69 heavy (non-hydrogen) atoms. The van der Waals surface area contributed by atoms with Crippen molar-refractivity contribution in [3.8, 4) is 44.5 Å². The maximum absolute atomic E-state index is 6.67. The maximum atomic E-state index is 6.67. The fourth-order valence-corrected chi connectivity index (χ4v) is 10.8.